The molecule has 148 valence electrons. The summed E-state index contributed by atoms with van der Waals surface area (Å²) in [5.74, 6) is -0.418. The first-order chi connectivity index (χ1) is 13.6. The molecule has 1 aromatic heterocycles. The number of fused-ring (bicyclic) bond motifs is 2. The number of amides is 1. The van der Waals surface area contributed by atoms with Crippen molar-refractivity contribution in [2.45, 2.75) is 38.1 Å². The van der Waals surface area contributed by atoms with Crippen LogP contribution in [0.5, 0.6) is 0 Å². The minimum Gasteiger partial charge on any atom is -0.480 e. The number of rotatable bonds is 3. The van der Waals surface area contributed by atoms with Crippen molar-refractivity contribution in [3.05, 3.63) is 24.3 Å². The third-order valence-electron chi connectivity index (χ3n) is 6.82. The molecule has 3 heterocycles. The van der Waals surface area contributed by atoms with Crippen molar-refractivity contribution in [3.8, 4) is 0 Å². The Morgan fingerprint density at radius 2 is 1.89 bits per heavy atom. The normalized spacial score (nSPS) is 28.1. The van der Waals surface area contributed by atoms with Crippen LogP contribution in [0.15, 0.2) is 28.7 Å². The number of carbonyl (C=O) groups excluding carboxylic acids is 1. The van der Waals surface area contributed by atoms with Gasteiger partial charge in [-0.15, -0.1) is 0 Å². The molecule has 1 saturated carbocycles. The van der Waals surface area contributed by atoms with E-state index in [0.717, 1.165) is 30.4 Å². The van der Waals surface area contributed by atoms with Crippen LogP contribution in [0, 0.1) is 17.8 Å². The van der Waals surface area contributed by atoms with Gasteiger partial charge in [0.15, 0.2) is 5.58 Å². The van der Waals surface area contributed by atoms with Gasteiger partial charge in [0.05, 0.1) is 0 Å². The Morgan fingerprint density at radius 1 is 1.11 bits per heavy atom. The molecule has 0 bridgehead atoms. The summed E-state index contributed by atoms with van der Waals surface area (Å²) in [7, 11) is 0. The van der Waals surface area contributed by atoms with Gasteiger partial charge in [-0.1, -0.05) is 18.6 Å². The Balaban J connectivity index is 1.26. The molecule has 1 aliphatic carbocycles. The van der Waals surface area contributed by atoms with E-state index in [1.807, 2.05) is 24.3 Å². The highest BCUT2D eigenvalue weighted by molar-refractivity contribution is 5.86. The van der Waals surface area contributed by atoms with Crippen molar-refractivity contribution in [2.75, 3.05) is 24.5 Å². The van der Waals surface area contributed by atoms with Gasteiger partial charge in [0.1, 0.15) is 11.6 Å². The second-order valence-corrected chi connectivity index (χ2v) is 8.35. The van der Waals surface area contributed by atoms with Gasteiger partial charge >= 0.3 is 5.97 Å². The quantitative estimate of drug-likeness (QED) is 0.877. The summed E-state index contributed by atoms with van der Waals surface area (Å²) in [6.07, 6.45) is 4.48. The number of hydrogen-bond acceptors (Lipinski definition) is 5. The van der Waals surface area contributed by atoms with Gasteiger partial charge in [-0.05, 0) is 49.7 Å². The van der Waals surface area contributed by atoms with Gasteiger partial charge in [0.25, 0.3) is 6.01 Å². The van der Waals surface area contributed by atoms with Crippen molar-refractivity contribution >= 4 is 29.0 Å². The van der Waals surface area contributed by atoms with E-state index in [0.29, 0.717) is 44.4 Å². The van der Waals surface area contributed by atoms with E-state index in [1.165, 1.54) is 0 Å². The predicted octanol–water partition coefficient (Wildman–Crippen LogP) is 2.76. The number of carbonyl (C=O) groups is 2. The lowest BCUT2D eigenvalue weighted by molar-refractivity contribution is -0.151. The molecule has 5 rings (SSSR count). The zero-order valence-corrected chi connectivity index (χ0v) is 15.8. The maximum absolute atomic E-state index is 13.1. The highest BCUT2D eigenvalue weighted by Gasteiger charge is 2.50. The number of para-hydroxylation sites is 2. The molecule has 0 spiro atoms. The monoisotopic (exact) mass is 383 g/mol. The third kappa shape index (κ3) is 2.84. The number of anilines is 1. The number of nitrogens with zero attached hydrogens (tertiary/aromatic N) is 3. The van der Waals surface area contributed by atoms with Crippen molar-refractivity contribution in [1.29, 1.82) is 0 Å². The predicted molar refractivity (Wildman–Crippen MR) is 103 cm³/mol. The first-order valence-corrected chi connectivity index (χ1v) is 10.3. The Bertz CT molecular complexity index is 869. The van der Waals surface area contributed by atoms with E-state index in [-0.39, 0.29) is 17.7 Å². The van der Waals surface area contributed by atoms with Gasteiger partial charge in [0, 0.05) is 25.6 Å². The van der Waals surface area contributed by atoms with Crippen molar-refractivity contribution in [3.63, 3.8) is 0 Å². The van der Waals surface area contributed by atoms with E-state index in [2.05, 4.69) is 9.88 Å². The maximum Gasteiger partial charge on any atom is 0.326 e. The molecule has 3 fully saturated rings. The zero-order chi connectivity index (χ0) is 19.3. The van der Waals surface area contributed by atoms with Crippen LogP contribution in [0.3, 0.4) is 0 Å². The molecule has 1 aromatic carbocycles. The van der Waals surface area contributed by atoms with Crippen LogP contribution >= 0.6 is 0 Å². The second-order valence-electron chi connectivity index (χ2n) is 8.35. The van der Waals surface area contributed by atoms with Crippen LogP contribution in [-0.4, -0.2) is 52.5 Å². The highest BCUT2D eigenvalue weighted by atomic mass is 16.4. The number of aromatic nitrogens is 1. The van der Waals surface area contributed by atoms with Crippen molar-refractivity contribution < 1.29 is 19.1 Å². The molecule has 28 heavy (non-hydrogen) atoms. The number of carboxylic acid groups (broad SMARTS) is 1. The summed E-state index contributed by atoms with van der Waals surface area (Å²) in [5, 5.41) is 9.72. The molecule has 2 aliphatic heterocycles. The maximum atomic E-state index is 13.1. The smallest absolute Gasteiger partial charge is 0.326 e. The average Bonchev–Trinajstić information content (AvgIpc) is 3.40. The summed E-state index contributed by atoms with van der Waals surface area (Å²) in [5.41, 5.74) is 1.60. The first-order valence-electron chi connectivity index (χ1n) is 10.3. The summed E-state index contributed by atoms with van der Waals surface area (Å²) < 4.78 is 5.84. The number of hydrogen-bond donors (Lipinski definition) is 1. The SMILES string of the molecule is O=C(O)C1C2CCCC2CN1C(=O)C1CCN(c2nc3ccccc3o2)CC1. The van der Waals surface area contributed by atoms with Crippen molar-refractivity contribution in [1.82, 2.24) is 9.88 Å². The van der Waals surface area contributed by atoms with Gasteiger partial charge in [-0.25, -0.2) is 4.79 Å². The van der Waals surface area contributed by atoms with Gasteiger partial charge in [-0.2, -0.15) is 4.98 Å². The minimum atomic E-state index is -0.841. The van der Waals surface area contributed by atoms with Gasteiger partial charge in [0.2, 0.25) is 5.91 Å². The molecule has 3 aliphatic rings. The fourth-order valence-corrected chi connectivity index (χ4v) is 5.40. The van der Waals surface area contributed by atoms with Crippen LogP contribution < -0.4 is 4.90 Å². The Morgan fingerprint density at radius 3 is 2.64 bits per heavy atom. The molecule has 3 unspecified atom stereocenters. The minimum absolute atomic E-state index is 0.0269. The van der Waals surface area contributed by atoms with E-state index in [9.17, 15) is 14.7 Å². The standard InChI is InChI=1S/C21H25N3O4/c25-19(24-12-14-4-3-5-15(14)18(24)20(26)27)13-8-10-23(11-9-13)21-22-16-6-1-2-7-17(16)28-21/h1-2,6-7,13-15,18H,3-5,8-12H2,(H,26,27). The Hall–Kier alpha value is -2.57. The number of benzene rings is 1. The number of likely N-dealkylation sites (tertiary alicyclic amines) is 1. The fourth-order valence-electron chi connectivity index (χ4n) is 5.40. The van der Waals surface area contributed by atoms with Gasteiger partial charge in [-0.3, -0.25) is 4.79 Å². The Labute approximate surface area is 163 Å². The molecule has 2 aromatic rings. The molecular weight excluding hydrogens is 358 g/mol. The zero-order valence-electron chi connectivity index (χ0n) is 15.8. The largest absolute Gasteiger partial charge is 0.480 e. The highest BCUT2D eigenvalue weighted by Crippen LogP contribution is 2.43. The molecule has 7 nitrogen and oxygen atoms in total. The van der Waals surface area contributed by atoms with Crippen LogP contribution in [0.1, 0.15) is 32.1 Å². The molecule has 7 heteroatoms. The Kier molecular flexibility index (Phi) is 4.25. The van der Waals surface area contributed by atoms with Crippen LogP contribution in [0.4, 0.5) is 6.01 Å². The number of oxazole rings is 1. The van der Waals surface area contributed by atoms with Crippen LogP contribution in [-0.2, 0) is 9.59 Å². The summed E-state index contributed by atoms with van der Waals surface area (Å²) >= 11 is 0. The fraction of sp³-hybridized carbons (Fsp3) is 0.571. The van der Waals surface area contributed by atoms with Crippen molar-refractivity contribution in [2.24, 2.45) is 17.8 Å². The number of carboxylic acids is 1. The van der Waals surface area contributed by atoms with E-state index in [4.69, 9.17) is 4.42 Å². The molecule has 1 amide bonds. The first kappa shape index (κ1) is 17.5. The molecular formula is C21H25N3O4. The number of piperidine rings is 1. The number of aliphatic carboxylic acids is 1. The molecule has 3 atom stereocenters. The lowest BCUT2D eigenvalue weighted by Gasteiger charge is -2.34. The summed E-state index contributed by atoms with van der Waals surface area (Å²) in [4.78, 5) is 33.3. The van der Waals surface area contributed by atoms with Crippen LogP contribution in [0.25, 0.3) is 11.1 Å². The van der Waals surface area contributed by atoms with E-state index >= 15 is 0 Å². The molecule has 2 saturated heterocycles. The average molecular weight is 383 g/mol. The lowest BCUT2D eigenvalue weighted by atomic mass is 9.93. The third-order valence-corrected chi connectivity index (χ3v) is 6.82. The second kappa shape index (κ2) is 6.79. The summed E-state index contributed by atoms with van der Waals surface area (Å²) in [6, 6.07) is 7.66. The molecule has 1 N–H and O–H groups in total. The van der Waals surface area contributed by atoms with Gasteiger partial charge < -0.3 is 19.3 Å². The van der Waals surface area contributed by atoms with E-state index in [1.54, 1.807) is 4.90 Å². The summed E-state index contributed by atoms with van der Waals surface area (Å²) in [6.45, 7) is 2.01. The lowest BCUT2D eigenvalue weighted by Crippen LogP contribution is -2.48. The topological polar surface area (TPSA) is 86.9 Å². The molecule has 0 radical (unpaired) electrons. The van der Waals surface area contributed by atoms with E-state index < -0.39 is 12.0 Å². The van der Waals surface area contributed by atoms with Crippen LogP contribution in [0.2, 0.25) is 0 Å².